The average Bonchev–Trinajstić information content (AvgIpc) is 3.08. The van der Waals surface area contributed by atoms with Crippen LogP contribution in [0.25, 0.3) is 0 Å². The summed E-state index contributed by atoms with van der Waals surface area (Å²) in [6, 6.07) is 7.57. The third kappa shape index (κ3) is 3.32. The van der Waals surface area contributed by atoms with Crippen molar-refractivity contribution in [2.24, 2.45) is 0 Å². The van der Waals surface area contributed by atoms with Gasteiger partial charge >= 0.3 is 5.97 Å². The zero-order valence-electron chi connectivity index (χ0n) is 14.3. The van der Waals surface area contributed by atoms with Crippen LogP contribution < -0.4 is 4.90 Å². The first-order valence-corrected chi connectivity index (χ1v) is 9.71. The molecule has 0 bridgehead atoms. The molecule has 3 rings (SSSR count). The monoisotopic (exact) mass is 381 g/mol. The van der Waals surface area contributed by atoms with Gasteiger partial charge < -0.3 is 14.6 Å². The molecule has 9 heteroatoms. The van der Waals surface area contributed by atoms with Gasteiger partial charge in [-0.3, -0.25) is 0 Å². The molecule has 1 aromatic heterocycles. The molecule has 26 heavy (non-hydrogen) atoms. The topological polar surface area (TPSA) is 82.9 Å². The van der Waals surface area contributed by atoms with E-state index in [-0.39, 0.29) is 29.5 Å². The molecular weight excluding hydrogens is 361 g/mol. The lowest BCUT2D eigenvalue weighted by molar-refractivity contribution is 0.0685. The number of carboxylic acids is 1. The molecule has 2 aromatic rings. The third-order valence-corrected chi connectivity index (χ3v) is 6.36. The van der Waals surface area contributed by atoms with Crippen LogP contribution in [-0.4, -0.2) is 54.5 Å². The summed E-state index contributed by atoms with van der Waals surface area (Å²) >= 11 is 0. The van der Waals surface area contributed by atoms with Gasteiger partial charge in [-0.2, -0.15) is 4.31 Å². The summed E-state index contributed by atoms with van der Waals surface area (Å²) < 4.78 is 42.3. The van der Waals surface area contributed by atoms with Crippen molar-refractivity contribution in [3.8, 4) is 0 Å². The van der Waals surface area contributed by atoms with Crippen molar-refractivity contribution >= 4 is 21.7 Å². The summed E-state index contributed by atoms with van der Waals surface area (Å²) in [4.78, 5) is 13.0. The highest BCUT2D eigenvalue weighted by Crippen LogP contribution is 2.24. The van der Waals surface area contributed by atoms with Crippen LogP contribution in [0.5, 0.6) is 0 Å². The van der Waals surface area contributed by atoms with Crippen molar-refractivity contribution in [1.29, 1.82) is 0 Å². The Labute approximate surface area is 151 Å². The fraction of sp³-hybridized carbons (Fsp3) is 0.353. The van der Waals surface area contributed by atoms with E-state index in [0.717, 1.165) is 0 Å². The molecule has 0 amide bonds. The van der Waals surface area contributed by atoms with Crippen molar-refractivity contribution in [3.05, 3.63) is 48.0 Å². The van der Waals surface area contributed by atoms with Crippen molar-refractivity contribution in [3.63, 3.8) is 0 Å². The van der Waals surface area contributed by atoms with Crippen molar-refractivity contribution < 1.29 is 22.7 Å². The summed E-state index contributed by atoms with van der Waals surface area (Å²) in [5, 5.41) is 9.20. The van der Waals surface area contributed by atoms with Crippen LogP contribution in [0.1, 0.15) is 17.4 Å². The molecule has 0 atom stereocenters. The number of rotatable bonds is 5. The van der Waals surface area contributed by atoms with E-state index >= 15 is 0 Å². The molecule has 0 unspecified atom stereocenters. The van der Waals surface area contributed by atoms with Crippen LogP contribution in [0.3, 0.4) is 0 Å². The number of carboxylic acid groups (broad SMARTS) is 1. The molecule has 0 aliphatic carbocycles. The van der Waals surface area contributed by atoms with E-state index in [4.69, 9.17) is 0 Å². The minimum Gasteiger partial charge on any atom is -0.477 e. The molecule has 2 heterocycles. The first-order chi connectivity index (χ1) is 12.3. The number of halogens is 1. The first kappa shape index (κ1) is 18.4. The third-order valence-electron chi connectivity index (χ3n) is 4.50. The molecule has 0 spiro atoms. The van der Waals surface area contributed by atoms with Crippen LogP contribution in [0.2, 0.25) is 0 Å². The molecule has 140 valence electrons. The molecule has 1 aliphatic heterocycles. The molecule has 1 aromatic carbocycles. The lowest BCUT2D eigenvalue weighted by Crippen LogP contribution is -2.48. The van der Waals surface area contributed by atoms with E-state index in [0.29, 0.717) is 25.3 Å². The highest BCUT2D eigenvalue weighted by Gasteiger charge is 2.31. The molecule has 1 saturated heterocycles. The second-order valence-corrected chi connectivity index (χ2v) is 7.93. The Bertz CT molecular complexity index is 918. The zero-order valence-corrected chi connectivity index (χ0v) is 15.1. The smallest absolute Gasteiger partial charge is 0.352 e. The number of aryl methyl sites for hydroxylation is 1. The Balaban J connectivity index is 1.78. The van der Waals surface area contributed by atoms with E-state index in [1.807, 2.05) is 0 Å². The number of hydrogen-bond donors (Lipinski definition) is 1. The highest BCUT2D eigenvalue weighted by molar-refractivity contribution is 7.89. The van der Waals surface area contributed by atoms with Gasteiger partial charge in [0.15, 0.2) is 0 Å². The van der Waals surface area contributed by atoms with Crippen LogP contribution in [0.15, 0.2) is 41.4 Å². The summed E-state index contributed by atoms with van der Waals surface area (Å²) in [6.07, 6.45) is 1.35. The number of nitrogens with zero attached hydrogens (tertiary/aromatic N) is 3. The summed E-state index contributed by atoms with van der Waals surface area (Å²) in [5.41, 5.74) is 0.394. The largest absolute Gasteiger partial charge is 0.477 e. The maximum Gasteiger partial charge on any atom is 0.352 e. The number of anilines is 1. The van der Waals surface area contributed by atoms with E-state index < -0.39 is 16.0 Å². The van der Waals surface area contributed by atoms with Gasteiger partial charge in [0.05, 0.1) is 5.69 Å². The number of aromatic nitrogens is 1. The van der Waals surface area contributed by atoms with Gasteiger partial charge in [-0.15, -0.1) is 0 Å². The zero-order chi connectivity index (χ0) is 18.9. The van der Waals surface area contributed by atoms with E-state index in [1.54, 1.807) is 30.0 Å². The van der Waals surface area contributed by atoms with Crippen LogP contribution in [-0.2, 0) is 16.6 Å². The van der Waals surface area contributed by atoms with Crippen LogP contribution in [0.4, 0.5) is 10.1 Å². The number of benzene rings is 1. The molecule has 1 aliphatic rings. The Morgan fingerprint density at radius 2 is 1.85 bits per heavy atom. The van der Waals surface area contributed by atoms with Crippen LogP contribution in [0, 0.1) is 5.82 Å². The molecule has 7 nitrogen and oxygen atoms in total. The first-order valence-electron chi connectivity index (χ1n) is 8.27. The van der Waals surface area contributed by atoms with Gasteiger partial charge in [-0.25, -0.2) is 17.6 Å². The SMILES string of the molecule is CCn1cc(S(=O)(=O)N2CCN(c3ccccc3F)CC2)cc1C(=O)O. The van der Waals surface area contributed by atoms with Gasteiger partial charge in [-0.05, 0) is 25.1 Å². The van der Waals surface area contributed by atoms with E-state index in [9.17, 15) is 22.7 Å². The fourth-order valence-corrected chi connectivity index (χ4v) is 4.56. The fourth-order valence-electron chi connectivity index (χ4n) is 3.09. The standard InChI is InChI=1S/C17H20FN3O4S/c1-2-19-12-13(11-16(19)17(22)23)26(24,25)21-9-7-20(8-10-21)15-6-4-3-5-14(15)18/h3-6,11-12H,2,7-10H2,1H3,(H,22,23). The minimum absolute atomic E-state index is 0.0314. The lowest BCUT2D eigenvalue weighted by atomic mass is 10.2. The Kier molecular flexibility index (Phi) is 5.01. The maximum atomic E-state index is 13.9. The van der Waals surface area contributed by atoms with Gasteiger partial charge in [0.2, 0.25) is 10.0 Å². The van der Waals surface area contributed by atoms with Gasteiger partial charge in [-0.1, -0.05) is 12.1 Å². The van der Waals surface area contributed by atoms with E-state index in [2.05, 4.69) is 0 Å². The van der Waals surface area contributed by atoms with Gasteiger partial charge in [0.1, 0.15) is 16.4 Å². The van der Waals surface area contributed by atoms with Crippen molar-refractivity contribution in [2.75, 3.05) is 31.1 Å². The molecule has 0 radical (unpaired) electrons. The number of aromatic carboxylic acids is 1. The van der Waals surface area contributed by atoms with Crippen molar-refractivity contribution in [1.82, 2.24) is 8.87 Å². The average molecular weight is 381 g/mol. The summed E-state index contributed by atoms with van der Waals surface area (Å²) in [5.74, 6) is -1.51. The van der Waals surface area contributed by atoms with Crippen LogP contribution >= 0.6 is 0 Å². The second kappa shape index (κ2) is 7.08. The normalized spacial score (nSPS) is 16.0. The van der Waals surface area contributed by atoms with Crippen molar-refractivity contribution in [2.45, 2.75) is 18.4 Å². The number of carbonyl (C=O) groups is 1. The second-order valence-electron chi connectivity index (χ2n) is 5.99. The van der Waals surface area contributed by atoms with Gasteiger partial charge in [0.25, 0.3) is 0 Å². The molecule has 1 N–H and O–H groups in total. The summed E-state index contributed by atoms with van der Waals surface area (Å²) in [6.45, 7) is 3.24. The maximum absolute atomic E-state index is 13.9. The Morgan fingerprint density at radius 1 is 1.19 bits per heavy atom. The number of sulfonamides is 1. The van der Waals surface area contributed by atoms with Gasteiger partial charge in [0, 0.05) is 38.9 Å². The minimum atomic E-state index is -3.79. The summed E-state index contributed by atoms with van der Waals surface area (Å²) in [7, 11) is -3.79. The number of piperazine rings is 1. The molecular formula is C17H20FN3O4S. The number of hydrogen-bond acceptors (Lipinski definition) is 4. The highest BCUT2D eigenvalue weighted by atomic mass is 32.2. The Morgan fingerprint density at radius 3 is 2.38 bits per heavy atom. The predicted octanol–water partition coefficient (Wildman–Crippen LogP) is 1.86. The lowest BCUT2D eigenvalue weighted by Gasteiger charge is -2.35. The predicted molar refractivity (Wildman–Crippen MR) is 94.4 cm³/mol. The molecule has 1 fully saturated rings. The van der Waals surface area contributed by atoms with E-state index in [1.165, 1.54) is 27.2 Å². The molecule has 0 saturated carbocycles. The Hall–Kier alpha value is -2.39. The quantitative estimate of drug-likeness (QED) is 0.855. The number of para-hydroxylation sites is 1.